The van der Waals surface area contributed by atoms with Crippen molar-refractivity contribution in [2.45, 2.75) is 0 Å². The summed E-state index contributed by atoms with van der Waals surface area (Å²) in [6, 6.07) is 15.7. The highest BCUT2D eigenvalue weighted by Crippen LogP contribution is 2.43. The van der Waals surface area contributed by atoms with Gasteiger partial charge in [-0.1, -0.05) is 0 Å². The van der Waals surface area contributed by atoms with Crippen molar-refractivity contribution in [3.05, 3.63) is 48.0 Å². The molecule has 0 unspecified atom stereocenters. The van der Waals surface area contributed by atoms with Crippen molar-refractivity contribution < 1.29 is 23.7 Å². The van der Waals surface area contributed by atoms with E-state index in [-0.39, 0.29) is 0 Å². The molecule has 1 fully saturated rings. The van der Waals surface area contributed by atoms with Crippen molar-refractivity contribution in [3.8, 4) is 51.5 Å². The number of anilines is 1. The first kappa shape index (κ1) is 23.2. The summed E-state index contributed by atoms with van der Waals surface area (Å²) >= 11 is 0. The van der Waals surface area contributed by atoms with E-state index >= 15 is 0 Å². The van der Waals surface area contributed by atoms with Gasteiger partial charge in [-0.25, -0.2) is 4.98 Å². The lowest BCUT2D eigenvalue weighted by Gasteiger charge is -2.29. The molecule has 2 aromatic carbocycles. The quantitative estimate of drug-likeness (QED) is 0.519. The van der Waals surface area contributed by atoms with Gasteiger partial charge in [0.15, 0.2) is 11.5 Å². The van der Waals surface area contributed by atoms with Crippen molar-refractivity contribution in [2.75, 3.05) is 59.6 Å². The largest absolute Gasteiger partial charge is 0.497 e. The Morgan fingerprint density at radius 3 is 2.03 bits per heavy atom. The van der Waals surface area contributed by atoms with Crippen molar-refractivity contribution >= 4 is 5.82 Å². The Balaban J connectivity index is 1.96. The molecule has 0 atom stereocenters. The number of nitrogens with zero attached hydrogens (tertiary/aromatic N) is 3. The minimum atomic E-state index is 0.480. The van der Waals surface area contributed by atoms with E-state index in [1.807, 2.05) is 42.5 Å². The van der Waals surface area contributed by atoms with Gasteiger partial charge in [0.2, 0.25) is 5.75 Å². The third-order valence-corrected chi connectivity index (χ3v) is 5.78. The van der Waals surface area contributed by atoms with Crippen LogP contribution in [0.1, 0.15) is 5.56 Å². The summed E-state index contributed by atoms with van der Waals surface area (Å²) in [4.78, 5) is 7.01. The van der Waals surface area contributed by atoms with Gasteiger partial charge in [-0.2, -0.15) is 5.26 Å². The van der Waals surface area contributed by atoms with Crippen LogP contribution in [0, 0.1) is 11.3 Å². The predicted molar refractivity (Wildman–Crippen MR) is 129 cm³/mol. The number of morpholine rings is 1. The van der Waals surface area contributed by atoms with E-state index in [1.54, 1.807) is 28.4 Å². The highest BCUT2D eigenvalue weighted by atomic mass is 16.5. The van der Waals surface area contributed by atoms with Crippen molar-refractivity contribution in [2.24, 2.45) is 0 Å². The van der Waals surface area contributed by atoms with Gasteiger partial charge in [-0.3, -0.25) is 0 Å². The zero-order chi connectivity index (χ0) is 24.1. The zero-order valence-electron chi connectivity index (χ0n) is 19.8. The molecule has 0 amide bonds. The molecule has 2 heterocycles. The molecule has 8 heteroatoms. The minimum Gasteiger partial charge on any atom is -0.497 e. The number of nitriles is 1. The molecule has 1 aliphatic heterocycles. The molecule has 0 aliphatic carbocycles. The van der Waals surface area contributed by atoms with Crippen molar-refractivity contribution in [1.29, 1.82) is 5.26 Å². The molecule has 0 bridgehead atoms. The monoisotopic (exact) mass is 461 g/mol. The van der Waals surface area contributed by atoms with Gasteiger partial charge in [0, 0.05) is 24.2 Å². The van der Waals surface area contributed by atoms with E-state index in [4.69, 9.17) is 28.7 Å². The number of rotatable bonds is 7. The van der Waals surface area contributed by atoms with E-state index in [1.165, 1.54) is 0 Å². The van der Waals surface area contributed by atoms with Crippen LogP contribution in [0.3, 0.4) is 0 Å². The maximum absolute atomic E-state index is 10.2. The van der Waals surface area contributed by atoms with Crippen LogP contribution in [0.2, 0.25) is 0 Å². The molecular formula is C26H27N3O5. The second kappa shape index (κ2) is 10.3. The minimum absolute atomic E-state index is 0.480. The Labute approximate surface area is 199 Å². The standard InChI is InChI=1S/C26H27N3O5/c1-30-19-7-5-17(6-8-19)22-15-20(18-13-23(31-2)25(33-4)24(14-18)32-3)21(16-27)26(28-22)29-9-11-34-12-10-29/h5-8,13-15H,9-12H2,1-4H3. The maximum Gasteiger partial charge on any atom is 0.203 e. The molecule has 176 valence electrons. The Hall–Kier alpha value is -3.96. The molecule has 0 N–H and O–H groups in total. The summed E-state index contributed by atoms with van der Waals surface area (Å²) in [5.74, 6) is 2.90. The van der Waals surface area contributed by atoms with E-state index in [0.29, 0.717) is 54.9 Å². The number of ether oxygens (including phenoxy) is 5. The number of benzene rings is 2. The second-order valence-electron chi connectivity index (χ2n) is 7.61. The third kappa shape index (κ3) is 4.43. The molecule has 1 aliphatic rings. The molecule has 1 aromatic heterocycles. The van der Waals surface area contributed by atoms with Gasteiger partial charge < -0.3 is 28.6 Å². The molecular weight excluding hydrogens is 434 g/mol. The number of pyridine rings is 1. The first-order chi connectivity index (χ1) is 16.6. The Morgan fingerprint density at radius 1 is 0.853 bits per heavy atom. The fourth-order valence-corrected chi connectivity index (χ4v) is 4.02. The number of hydrogen-bond acceptors (Lipinski definition) is 8. The molecule has 8 nitrogen and oxygen atoms in total. The normalized spacial score (nSPS) is 13.2. The fraction of sp³-hybridized carbons (Fsp3) is 0.308. The average molecular weight is 462 g/mol. The van der Waals surface area contributed by atoms with Crippen molar-refractivity contribution in [1.82, 2.24) is 4.98 Å². The summed E-state index contributed by atoms with van der Waals surface area (Å²) in [6.45, 7) is 2.47. The molecule has 1 saturated heterocycles. The van der Waals surface area contributed by atoms with Crippen LogP contribution >= 0.6 is 0 Å². The molecule has 0 spiro atoms. The topological polar surface area (TPSA) is 86.1 Å². The molecule has 3 aromatic rings. The highest BCUT2D eigenvalue weighted by molar-refractivity contribution is 5.83. The summed E-state index contributed by atoms with van der Waals surface area (Å²) in [5, 5.41) is 10.2. The van der Waals surface area contributed by atoms with Gasteiger partial charge in [-0.05, 0) is 48.0 Å². The van der Waals surface area contributed by atoms with Crippen LogP contribution in [-0.4, -0.2) is 59.7 Å². The molecule has 0 radical (unpaired) electrons. The number of hydrogen-bond donors (Lipinski definition) is 0. The third-order valence-electron chi connectivity index (χ3n) is 5.78. The Bertz CT molecular complexity index is 1170. The van der Waals surface area contributed by atoms with Crippen LogP contribution in [-0.2, 0) is 4.74 Å². The number of methoxy groups -OCH3 is 4. The van der Waals surface area contributed by atoms with Crippen LogP contribution in [0.25, 0.3) is 22.4 Å². The highest BCUT2D eigenvalue weighted by Gasteiger charge is 2.23. The van der Waals surface area contributed by atoms with Crippen molar-refractivity contribution in [3.63, 3.8) is 0 Å². The molecule has 34 heavy (non-hydrogen) atoms. The summed E-state index contributed by atoms with van der Waals surface area (Å²) in [6.07, 6.45) is 0. The van der Waals surface area contributed by atoms with Crippen LogP contribution in [0.4, 0.5) is 5.82 Å². The summed E-state index contributed by atoms with van der Waals surface area (Å²) in [7, 11) is 6.33. The predicted octanol–water partition coefficient (Wildman–Crippen LogP) is 4.16. The van der Waals surface area contributed by atoms with Gasteiger partial charge in [0.25, 0.3) is 0 Å². The molecule has 4 rings (SSSR count). The lowest BCUT2D eigenvalue weighted by molar-refractivity contribution is 0.122. The zero-order valence-corrected chi connectivity index (χ0v) is 19.8. The van der Waals surface area contributed by atoms with Gasteiger partial charge in [-0.15, -0.1) is 0 Å². The smallest absolute Gasteiger partial charge is 0.203 e. The van der Waals surface area contributed by atoms with E-state index in [0.717, 1.165) is 28.1 Å². The van der Waals surface area contributed by atoms with E-state index < -0.39 is 0 Å². The van der Waals surface area contributed by atoms with Crippen LogP contribution < -0.4 is 23.8 Å². The SMILES string of the molecule is COc1ccc(-c2cc(-c3cc(OC)c(OC)c(OC)c3)c(C#N)c(N3CCOCC3)n2)cc1. The second-order valence-corrected chi connectivity index (χ2v) is 7.61. The first-order valence-corrected chi connectivity index (χ1v) is 10.9. The summed E-state index contributed by atoms with van der Waals surface area (Å²) < 4.78 is 27.4. The van der Waals surface area contributed by atoms with Gasteiger partial charge in [0.05, 0.1) is 47.3 Å². The number of aromatic nitrogens is 1. The van der Waals surface area contributed by atoms with Crippen LogP contribution in [0.15, 0.2) is 42.5 Å². The van der Waals surface area contributed by atoms with Gasteiger partial charge in [0.1, 0.15) is 23.2 Å². The first-order valence-electron chi connectivity index (χ1n) is 10.9. The Kier molecular flexibility index (Phi) is 7.04. The van der Waals surface area contributed by atoms with Crippen LogP contribution in [0.5, 0.6) is 23.0 Å². The lowest BCUT2D eigenvalue weighted by atomic mass is 9.97. The molecule has 0 saturated carbocycles. The van der Waals surface area contributed by atoms with Gasteiger partial charge >= 0.3 is 0 Å². The summed E-state index contributed by atoms with van der Waals surface area (Å²) in [5.41, 5.74) is 3.62. The fourth-order valence-electron chi connectivity index (χ4n) is 4.02. The van der Waals surface area contributed by atoms with E-state index in [9.17, 15) is 5.26 Å². The Morgan fingerprint density at radius 2 is 1.50 bits per heavy atom. The average Bonchev–Trinajstić information content (AvgIpc) is 2.91. The lowest BCUT2D eigenvalue weighted by Crippen LogP contribution is -2.37. The van der Waals surface area contributed by atoms with E-state index in [2.05, 4.69) is 11.0 Å². The maximum atomic E-state index is 10.2.